The Bertz CT molecular complexity index is 414. The minimum Gasteiger partial charge on any atom is -0.402 e. The average molecular weight is 228 g/mol. The minimum absolute atomic E-state index is 0.596. The van der Waals surface area contributed by atoms with Gasteiger partial charge in [-0.05, 0) is 36.3 Å². The van der Waals surface area contributed by atoms with Crippen molar-refractivity contribution in [2.75, 3.05) is 0 Å². The third-order valence-corrected chi connectivity index (χ3v) is 1.99. The SMILES string of the molecule is C=C\C(N)=C/C=C(C=C)/C(C=C)=C/C=C(\C)N. The number of hydrogen-bond donors (Lipinski definition) is 2. The van der Waals surface area contributed by atoms with Gasteiger partial charge < -0.3 is 11.5 Å². The topological polar surface area (TPSA) is 52.0 Å². The summed E-state index contributed by atoms with van der Waals surface area (Å²) in [5, 5.41) is 0. The van der Waals surface area contributed by atoms with Gasteiger partial charge in [-0.15, -0.1) is 0 Å². The largest absolute Gasteiger partial charge is 0.402 e. The maximum atomic E-state index is 5.63. The van der Waals surface area contributed by atoms with Crippen LogP contribution in [0.2, 0.25) is 0 Å². The van der Waals surface area contributed by atoms with E-state index in [1.54, 1.807) is 24.3 Å². The van der Waals surface area contributed by atoms with Crippen molar-refractivity contribution in [1.29, 1.82) is 0 Å². The molecule has 0 radical (unpaired) electrons. The first-order valence-electron chi connectivity index (χ1n) is 5.24. The molecule has 0 fully saturated rings. The van der Waals surface area contributed by atoms with Crippen LogP contribution in [0.1, 0.15) is 6.92 Å². The Balaban J connectivity index is 5.28. The maximum Gasteiger partial charge on any atom is 0.0308 e. The van der Waals surface area contributed by atoms with Gasteiger partial charge in [0.25, 0.3) is 0 Å². The molecule has 90 valence electrons. The predicted octanol–water partition coefficient (Wildman–Crippen LogP) is 3.10. The zero-order chi connectivity index (χ0) is 13.3. The van der Waals surface area contributed by atoms with Crippen molar-refractivity contribution in [2.24, 2.45) is 11.5 Å². The summed E-state index contributed by atoms with van der Waals surface area (Å²) in [6.45, 7) is 12.9. The first-order chi connectivity index (χ1) is 8.04. The van der Waals surface area contributed by atoms with Crippen molar-refractivity contribution in [1.82, 2.24) is 0 Å². The molecule has 17 heavy (non-hydrogen) atoms. The van der Waals surface area contributed by atoms with E-state index < -0.39 is 0 Å². The highest BCUT2D eigenvalue weighted by atomic mass is 14.5. The summed E-state index contributed by atoms with van der Waals surface area (Å²) >= 11 is 0. The molecule has 0 aliphatic heterocycles. The molecule has 0 aromatic heterocycles. The van der Waals surface area contributed by atoms with Crippen molar-refractivity contribution >= 4 is 0 Å². The van der Waals surface area contributed by atoms with Gasteiger partial charge in [-0.1, -0.05) is 44.0 Å². The van der Waals surface area contributed by atoms with E-state index in [9.17, 15) is 0 Å². The molecule has 0 saturated heterocycles. The smallest absolute Gasteiger partial charge is 0.0308 e. The molecule has 0 aromatic rings. The van der Waals surface area contributed by atoms with E-state index in [0.717, 1.165) is 16.8 Å². The highest BCUT2D eigenvalue weighted by Crippen LogP contribution is 2.13. The van der Waals surface area contributed by atoms with Crippen LogP contribution in [0.25, 0.3) is 0 Å². The fourth-order valence-electron chi connectivity index (χ4n) is 1.04. The van der Waals surface area contributed by atoms with E-state index in [0.29, 0.717) is 5.70 Å². The summed E-state index contributed by atoms with van der Waals surface area (Å²) in [6, 6.07) is 0. The van der Waals surface area contributed by atoms with Gasteiger partial charge in [0.1, 0.15) is 0 Å². The lowest BCUT2D eigenvalue weighted by Gasteiger charge is -2.01. The van der Waals surface area contributed by atoms with Gasteiger partial charge in [-0.2, -0.15) is 0 Å². The van der Waals surface area contributed by atoms with Gasteiger partial charge in [0, 0.05) is 11.4 Å². The summed E-state index contributed by atoms with van der Waals surface area (Å²) < 4.78 is 0. The van der Waals surface area contributed by atoms with E-state index in [2.05, 4.69) is 19.7 Å². The summed E-state index contributed by atoms with van der Waals surface area (Å²) in [7, 11) is 0. The third kappa shape index (κ3) is 6.05. The second-order valence-electron chi connectivity index (χ2n) is 3.43. The van der Waals surface area contributed by atoms with Crippen LogP contribution in [0.15, 0.2) is 84.8 Å². The van der Waals surface area contributed by atoms with Gasteiger partial charge in [-0.25, -0.2) is 0 Å². The molecule has 0 aromatic carbocycles. The quantitative estimate of drug-likeness (QED) is 0.686. The normalized spacial score (nSPS) is 14.4. The molecule has 0 saturated carbocycles. The van der Waals surface area contributed by atoms with Gasteiger partial charge in [0.05, 0.1) is 0 Å². The van der Waals surface area contributed by atoms with Crippen LogP contribution >= 0.6 is 0 Å². The Morgan fingerprint density at radius 2 is 1.24 bits per heavy atom. The van der Waals surface area contributed by atoms with Crippen LogP contribution in [0.4, 0.5) is 0 Å². The Hall–Kier alpha value is -2.22. The molecule has 0 unspecified atom stereocenters. The maximum absolute atomic E-state index is 5.63. The highest BCUT2D eigenvalue weighted by molar-refractivity contribution is 5.48. The zero-order valence-corrected chi connectivity index (χ0v) is 10.3. The van der Waals surface area contributed by atoms with Gasteiger partial charge in [0.2, 0.25) is 0 Å². The lowest BCUT2D eigenvalue weighted by molar-refractivity contribution is 1.31. The Morgan fingerprint density at radius 1 is 0.765 bits per heavy atom. The van der Waals surface area contributed by atoms with Crippen LogP contribution in [0.5, 0.6) is 0 Å². The van der Waals surface area contributed by atoms with E-state index >= 15 is 0 Å². The molecule has 0 aliphatic rings. The monoisotopic (exact) mass is 228 g/mol. The van der Waals surface area contributed by atoms with Gasteiger partial charge in [-0.3, -0.25) is 0 Å². The highest BCUT2D eigenvalue weighted by Gasteiger charge is 1.94. The van der Waals surface area contributed by atoms with Crippen molar-refractivity contribution in [2.45, 2.75) is 6.92 Å². The molecule has 0 amide bonds. The van der Waals surface area contributed by atoms with Gasteiger partial charge >= 0.3 is 0 Å². The molecule has 2 heteroatoms. The summed E-state index contributed by atoms with van der Waals surface area (Å²) in [5.74, 6) is 0. The number of rotatable bonds is 6. The molecular formula is C15H20N2. The summed E-state index contributed by atoms with van der Waals surface area (Å²) in [4.78, 5) is 0. The Morgan fingerprint density at radius 3 is 1.59 bits per heavy atom. The number of hydrogen-bond acceptors (Lipinski definition) is 2. The summed E-state index contributed by atoms with van der Waals surface area (Å²) in [5.41, 5.74) is 14.4. The van der Waals surface area contributed by atoms with Crippen LogP contribution < -0.4 is 11.5 Å². The van der Waals surface area contributed by atoms with E-state index in [-0.39, 0.29) is 0 Å². The molecule has 0 rings (SSSR count). The predicted molar refractivity (Wildman–Crippen MR) is 77.0 cm³/mol. The van der Waals surface area contributed by atoms with E-state index in [4.69, 9.17) is 11.5 Å². The van der Waals surface area contributed by atoms with Crippen LogP contribution in [-0.2, 0) is 0 Å². The molecule has 4 N–H and O–H groups in total. The standard InChI is InChI=1S/C15H20N2/c1-5-13(9-8-12(4)16)14(6-2)10-11-15(17)7-3/h5-11H,1-3,16-17H2,4H3/b12-8+,13-9+,14-10+,15-11+. The lowest BCUT2D eigenvalue weighted by atomic mass is 10.0. The van der Waals surface area contributed by atoms with Crippen molar-refractivity contribution < 1.29 is 0 Å². The molecule has 0 aliphatic carbocycles. The third-order valence-electron chi connectivity index (χ3n) is 1.99. The van der Waals surface area contributed by atoms with Crippen LogP contribution in [-0.4, -0.2) is 0 Å². The van der Waals surface area contributed by atoms with Gasteiger partial charge in [0.15, 0.2) is 0 Å². The molecule has 0 bridgehead atoms. The average Bonchev–Trinajstić information content (AvgIpc) is 2.32. The molecule has 2 nitrogen and oxygen atoms in total. The first-order valence-corrected chi connectivity index (χ1v) is 5.24. The first kappa shape index (κ1) is 14.8. The van der Waals surface area contributed by atoms with E-state index in [1.807, 2.05) is 25.2 Å². The molecular weight excluding hydrogens is 208 g/mol. The van der Waals surface area contributed by atoms with Crippen LogP contribution in [0.3, 0.4) is 0 Å². The van der Waals surface area contributed by atoms with Crippen molar-refractivity contribution in [3.8, 4) is 0 Å². The number of nitrogens with two attached hydrogens (primary N) is 2. The zero-order valence-electron chi connectivity index (χ0n) is 10.3. The van der Waals surface area contributed by atoms with E-state index in [1.165, 1.54) is 0 Å². The van der Waals surface area contributed by atoms with Crippen molar-refractivity contribution in [3.63, 3.8) is 0 Å². The van der Waals surface area contributed by atoms with Crippen molar-refractivity contribution in [3.05, 3.63) is 84.8 Å². The minimum atomic E-state index is 0.596. The molecule has 0 heterocycles. The fraction of sp³-hybridized carbons (Fsp3) is 0.0667. The fourth-order valence-corrected chi connectivity index (χ4v) is 1.04. The lowest BCUT2D eigenvalue weighted by Crippen LogP contribution is -1.91. The second-order valence-corrected chi connectivity index (χ2v) is 3.43. The summed E-state index contributed by atoms with van der Waals surface area (Å²) in [6.07, 6.45) is 12.4. The second kappa shape index (κ2) is 7.99. The Kier molecular flexibility index (Phi) is 6.95. The number of allylic oxidation sites excluding steroid dienone is 10. The molecule has 0 atom stereocenters. The Labute approximate surface area is 104 Å². The molecule has 0 spiro atoms. The van der Waals surface area contributed by atoms with Crippen LogP contribution in [0, 0.1) is 0 Å².